The first-order valence-electron chi connectivity index (χ1n) is 7.02. The molecule has 1 aromatic rings. The number of piperidine rings is 1. The van der Waals surface area contributed by atoms with Crippen molar-refractivity contribution in [2.75, 3.05) is 13.1 Å². The second kappa shape index (κ2) is 5.33. The largest absolute Gasteiger partial charge is 0.347 e. The molecule has 0 unspecified atom stereocenters. The van der Waals surface area contributed by atoms with E-state index in [1.165, 1.54) is 5.56 Å². The van der Waals surface area contributed by atoms with Gasteiger partial charge in [0.2, 0.25) is 0 Å². The molecule has 0 bridgehead atoms. The molecule has 0 radical (unpaired) electrons. The molecule has 3 nitrogen and oxygen atoms in total. The van der Waals surface area contributed by atoms with Gasteiger partial charge in [-0.05, 0) is 64.8 Å². The average Bonchev–Trinajstić information content (AvgIpc) is 2.27. The highest BCUT2D eigenvalue weighted by Crippen LogP contribution is 2.21. The van der Waals surface area contributed by atoms with E-state index in [1.807, 2.05) is 13.8 Å². The van der Waals surface area contributed by atoms with Gasteiger partial charge < -0.3 is 10.6 Å². The van der Waals surface area contributed by atoms with Crippen LogP contribution in [0.25, 0.3) is 0 Å². The molecule has 0 saturated carbocycles. The first kappa shape index (κ1) is 14.1. The van der Waals surface area contributed by atoms with E-state index in [-0.39, 0.29) is 11.4 Å². The molecule has 2 rings (SSSR count). The van der Waals surface area contributed by atoms with Crippen molar-refractivity contribution in [1.82, 2.24) is 10.6 Å². The number of hydrogen-bond acceptors (Lipinski definition) is 2. The zero-order valence-electron chi connectivity index (χ0n) is 12.4. The van der Waals surface area contributed by atoms with Crippen molar-refractivity contribution in [2.24, 2.45) is 0 Å². The molecule has 1 aliphatic heterocycles. The molecule has 1 fully saturated rings. The SMILES string of the molecule is Cc1cc(C)c(C(=O)NC2(C)CCNCC2)c(C)c1. The lowest BCUT2D eigenvalue weighted by Gasteiger charge is -2.35. The predicted molar refractivity (Wildman–Crippen MR) is 78.6 cm³/mol. The smallest absolute Gasteiger partial charge is 0.252 e. The Balaban J connectivity index is 2.20. The fraction of sp³-hybridized carbons (Fsp3) is 0.562. The first-order valence-corrected chi connectivity index (χ1v) is 7.02. The molecular formula is C16H24N2O. The number of carbonyl (C=O) groups excluding carboxylic acids is 1. The number of rotatable bonds is 2. The van der Waals surface area contributed by atoms with Crippen LogP contribution in [0.1, 0.15) is 46.8 Å². The van der Waals surface area contributed by atoms with Crippen LogP contribution in [0.4, 0.5) is 0 Å². The number of amides is 1. The van der Waals surface area contributed by atoms with E-state index >= 15 is 0 Å². The minimum atomic E-state index is -0.0773. The van der Waals surface area contributed by atoms with E-state index in [0.717, 1.165) is 42.6 Å². The lowest BCUT2D eigenvalue weighted by atomic mass is 9.89. The monoisotopic (exact) mass is 260 g/mol. The summed E-state index contributed by atoms with van der Waals surface area (Å²) in [7, 11) is 0. The summed E-state index contributed by atoms with van der Waals surface area (Å²) in [5, 5.41) is 6.57. The molecule has 2 N–H and O–H groups in total. The van der Waals surface area contributed by atoms with Gasteiger partial charge in [0.1, 0.15) is 0 Å². The Morgan fingerprint density at radius 1 is 1.16 bits per heavy atom. The maximum atomic E-state index is 12.5. The molecule has 0 aromatic heterocycles. The van der Waals surface area contributed by atoms with Crippen LogP contribution in [-0.4, -0.2) is 24.5 Å². The van der Waals surface area contributed by atoms with Gasteiger partial charge in [0, 0.05) is 11.1 Å². The maximum Gasteiger partial charge on any atom is 0.252 e. The first-order chi connectivity index (χ1) is 8.91. The Bertz CT molecular complexity index is 465. The maximum absolute atomic E-state index is 12.5. The van der Waals surface area contributed by atoms with Crippen LogP contribution in [-0.2, 0) is 0 Å². The van der Waals surface area contributed by atoms with Gasteiger partial charge in [-0.1, -0.05) is 17.7 Å². The molecule has 0 spiro atoms. The lowest BCUT2D eigenvalue weighted by Crippen LogP contribution is -2.52. The van der Waals surface area contributed by atoms with E-state index in [4.69, 9.17) is 0 Å². The molecule has 1 heterocycles. The number of nitrogens with one attached hydrogen (secondary N) is 2. The van der Waals surface area contributed by atoms with Gasteiger partial charge in [-0.2, -0.15) is 0 Å². The standard InChI is InChI=1S/C16H24N2O/c1-11-9-12(2)14(13(3)10-11)15(19)18-16(4)5-7-17-8-6-16/h9-10,17H,5-8H2,1-4H3,(H,18,19). The van der Waals surface area contributed by atoms with E-state index in [9.17, 15) is 4.79 Å². The normalized spacial score (nSPS) is 18.1. The highest BCUT2D eigenvalue weighted by Gasteiger charge is 2.29. The van der Waals surface area contributed by atoms with Gasteiger partial charge in [-0.15, -0.1) is 0 Å². The van der Waals surface area contributed by atoms with Crippen molar-refractivity contribution in [3.05, 3.63) is 34.4 Å². The fourth-order valence-electron chi connectivity index (χ4n) is 2.98. The molecule has 19 heavy (non-hydrogen) atoms. The Hall–Kier alpha value is -1.35. The third-order valence-electron chi connectivity index (χ3n) is 4.03. The zero-order chi connectivity index (χ0) is 14.0. The summed E-state index contributed by atoms with van der Waals surface area (Å²) in [5.74, 6) is 0.0689. The van der Waals surface area contributed by atoms with E-state index in [2.05, 4.69) is 36.6 Å². The molecule has 1 aliphatic rings. The van der Waals surface area contributed by atoms with Crippen LogP contribution in [0.5, 0.6) is 0 Å². The predicted octanol–water partition coefficient (Wildman–Crippen LogP) is 2.48. The van der Waals surface area contributed by atoms with Gasteiger partial charge in [0.15, 0.2) is 0 Å². The van der Waals surface area contributed by atoms with Gasteiger partial charge in [0.25, 0.3) is 5.91 Å². The highest BCUT2D eigenvalue weighted by molar-refractivity contribution is 5.97. The van der Waals surface area contributed by atoms with Gasteiger partial charge in [-0.3, -0.25) is 4.79 Å². The molecule has 1 saturated heterocycles. The number of carbonyl (C=O) groups is 1. The topological polar surface area (TPSA) is 41.1 Å². The molecule has 1 aromatic carbocycles. The van der Waals surface area contributed by atoms with Crippen molar-refractivity contribution in [3.8, 4) is 0 Å². The molecule has 104 valence electrons. The van der Waals surface area contributed by atoms with Crippen LogP contribution in [0.3, 0.4) is 0 Å². The fourth-order valence-corrected chi connectivity index (χ4v) is 2.98. The van der Waals surface area contributed by atoms with E-state index in [1.54, 1.807) is 0 Å². The van der Waals surface area contributed by atoms with Crippen molar-refractivity contribution in [3.63, 3.8) is 0 Å². The van der Waals surface area contributed by atoms with Crippen molar-refractivity contribution < 1.29 is 4.79 Å². The number of hydrogen-bond donors (Lipinski definition) is 2. The van der Waals surface area contributed by atoms with Crippen LogP contribution < -0.4 is 10.6 Å². The van der Waals surface area contributed by atoms with E-state index < -0.39 is 0 Å². The molecule has 0 aliphatic carbocycles. The molecular weight excluding hydrogens is 236 g/mol. The van der Waals surface area contributed by atoms with Gasteiger partial charge in [0.05, 0.1) is 0 Å². The van der Waals surface area contributed by atoms with E-state index in [0.29, 0.717) is 0 Å². The summed E-state index contributed by atoms with van der Waals surface area (Å²) in [5.41, 5.74) is 4.09. The minimum absolute atomic E-state index is 0.0689. The van der Waals surface area contributed by atoms with Crippen molar-refractivity contribution >= 4 is 5.91 Å². The molecule has 3 heteroatoms. The summed E-state index contributed by atoms with van der Waals surface area (Å²) >= 11 is 0. The van der Waals surface area contributed by atoms with Crippen LogP contribution in [0.2, 0.25) is 0 Å². The number of aryl methyl sites for hydroxylation is 3. The average molecular weight is 260 g/mol. The Kier molecular flexibility index (Phi) is 3.95. The van der Waals surface area contributed by atoms with Gasteiger partial charge in [-0.25, -0.2) is 0 Å². The van der Waals surface area contributed by atoms with Crippen molar-refractivity contribution in [1.29, 1.82) is 0 Å². The summed E-state index contributed by atoms with van der Waals surface area (Å²) in [6, 6.07) is 4.15. The second-order valence-corrected chi connectivity index (χ2v) is 6.04. The van der Waals surface area contributed by atoms with Crippen LogP contribution in [0, 0.1) is 20.8 Å². The summed E-state index contributed by atoms with van der Waals surface area (Å²) in [6.07, 6.45) is 1.98. The summed E-state index contributed by atoms with van der Waals surface area (Å²) in [4.78, 5) is 12.5. The quantitative estimate of drug-likeness (QED) is 0.857. The Labute approximate surface area is 115 Å². The summed E-state index contributed by atoms with van der Waals surface area (Å²) < 4.78 is 0. The highest BCUT2D eigenvalue weighted by atomic mass is 16.1. The Morgan fingerprint density at radius 3 is 2.21 bits per heavy atom. The van der Waals surface area contributed by atoms with Crippen LogP contribution >= 0.6 is 0 Å². The Morgan fingerprint density at radius 2 is 1.68 bits per heavy atom. The zero-order valence-corrected chi connectivity index (χ0v) is 12.4. The minimum Gasteiger partial charge on any atom is -0.347 e. The van der Waals surface area contributed by atoms with Crippen molar-refractivity contribution in [2.45, 2.75) is 46.1 Å². The number of benzene rings is 1. The third kappa shape index (κ3) is 3.16. The summed E-state index contributed by atoms with van der Waals surface area (Å²) in [6.45, 7) is 10.2. The second-order valence-electron chi connectivity index (χ2n) is 6.04. The molecule has 0 atom stereocenters. The van der Waals surface area contributed by atoms with Gasteiger partial charge >= 0.3 is 0 Å². The molecule has 1 amide bonds. The third-order valence-corrected chi connectivity index (χ3v) is 4.03. The lowest BCUT2D eigenvalue weighted by molar-refractivity contribution is 0.0886. The van der Waals surface area contributed by atoms with Crippen LogP contribution in [0.15, 0.2) is 12.1 Å².